The van der Waals surface area contributed by atoms with Crippen LogP contribution in [0.2, 0.25) is 0 Å². The number of aliphatic hydroxyl groups is 1. The van der Waals surface area contributed by atoms with E-state index in [2.05, 4.69) is 26.0 Å². The Labute approximate surface area is 97.3 Å². The van der Waals surface area contributed by atoms with Crippen LogP contribution < -0.4 is 0 Å². The van der Waals surface area contributed by atoms with Crippen molar-refractivity contribution in [3.63, 3.8) is 0 Å². The lowest BCUT2D eigenvalue weighted by atomic mass is 9.88. The molecule has 16 heavy (non-hydrogen) atoms. The van der Waals surface area contributed by atoms with Crippen LogP contribution in [0.1, 0.15) is 29.5 Å². The summed E-state index contributed by atoms with van der Waals surface area (Å²) >= 11 is 0. The zero-order valence-corrected chi connectivity index (χ0v) is 10.3. The van der Waals surface area contributed by atoms with E-state index in [4.69, 9.17) is 4.74 Å². The fraction of sp³-hybridized carbons (Fsp3) is 0.571. The van der Waals surface area contributed by atoms with Crippen LogP contribution in [0.4, 0.5) is 0 Å². The average Bonchev–Trinajstić information content (AvgIpc) is 3.06. The fourth-order valence-electron chi connectivity index (χ4n) is 2.23. The van der Waals surface area contributed by atoms with Crippen molar-refractivity contribution in [1.29, 1.82) is 0 Å². The van der Waals surface area contributed by atoms with Crippen molar-refractivity contribution in [1.82, 2.24) is 0 Å². The summed E-state index contributed by atoms with van der Waals surface area (Å²) in [6.07, 6.45) is 2.21. The summed E-state index contributed by atoms with van der Waals surface area (Å²) in [4.78, 5) is 0. The second-order valence-electron chi connectivity index (χ2n) is 4.93. The summed E-state index contributed by atoms with van der Waals surface area (Å²) < 4.78 is 5.18. The van der Waals surface area contributed by atoms with E-state index >= 15 is 0 Å². The van der Waals surface area contributed by atoms with Gasteiger partial charge in [0, 0.05) is 7.11 Å². The maximum absolute atomic E-state index is 10.7. The quantitative estimate of drug-likeness (QED) is 0.845. The van der Waals surface area contributed by atoms with E-state index in [1.807, 2.05) is 6.07 Å². The largest absolute Gasteiger partial charge is 0.382 e. The van der Waals surface area contributed by atoms with Crippen molar-refractivity contribution in [2.75, 3.05) is 13.7 Å². The minimum Gasteiger partial charge on any atom is -0.382 e. The van der Waals surface area contributed by atoms with Gasteiger partial charge in [0.2, 0.25) is 0 Å². The first-order valence-corrected chi connectivity index (χ1v) is 5.87. The molecular weight excluding hydrogens is 200 g/mol. The molecule has 0 aliphatic heterocycles. The Balaban J connectivity index is 2.34. The number of hydrogen-bond donors (Lipinski definition) is 1. The van der Waals surface area contributed by atoms with Crippen LogP contribution in [0, 0.1) is 19.8 Å². The fourth-order valence-corrected chi connectivity index (χ4v) is 2.23. The molecular formula is C14H20O2. The highest BCUT2D eigenvalue weighted by atomic mass is 16.5. The van der Waals surface area contributed by atoms with Gasteiger partial charge < -0.3 is 9.84 Å². The van der Waals surface area contributed by atoms with E-state index in [1.165, 1.54) is 11.1 Å². The van der Waals surface area contributed by atoms with Gasteiger partial charge in [-0.2, -0.15) is 0 Å². The summed E-state index contributed by atoms with van der Waals surface area (Å²) in [6.45, 7) is 4.56. The lowest BCUT2D eigenvalue weighted by molar-refractivity contribution is -0.0533. The Hall–Kier alpha value is -0.860. The molecule has 1 saturated carbocycles. The van der Waals surface area contributed by atoms with Crippen molar-refractivity contribution in [3.05, 3.63) is 34.9 Å². The first-order chi connectivity index (χ1) is 7.58. The van der Waals surface area contributed by atoms with Crippen molar-refractivity contribution < 1.29 is 9.84 Å². The van der Waals surface area contributed by atoms with Gasteiger partial charge in [0.15, 0.2) is 0 Å². The molecule has 1 atom stereocenters. The third kappa shape index (κ3) is 2.00. The van der Waals surface area contributed by atoms with Crippen molar-refractivity contribution in [2.45, 2.75) is 32.3 Å². The SMILES string of the molecule is COCC(O)(c1ccc(C)c(C)c1)C1CC1. The third-order valence-electron chi connectivity index (χ3n) is 3.62. The van der Waals surface area contributed by atoms with Crippen molar-refractivity contribution in [3.8, 4) is 0 Å². The van der Waals surface area contributed by atoms with E-state index in [9.17, 15) is 5.11 Å². The van der Waals surface area contributed by atoms with Crippen LogP contribution in [0.3, 0.4) is 0 Å². The molecule has 0 aromatic heterocycles. The molecule has 0 saturated heterocycles. The van der Waals surface area contributed by atoms with Gasteiger partial charge in [0.05, 0.1) is 6.61 Å². The van der Waals surface area contributed by atoms with Crippen LogP contribution in [0.5, 0.6) is 0 Å². The molecule has 2 rings (SSSR count). The van der Waals surface area contributed by atoms with E-state index in [-0.39, 0.29) is 0 Å². The average molecular weight is 220 g/mol. The van der Waals surface area contributed by atoms with Gasteiger partial charge in [-0.05, 0) is 49.3 Å². The van der Waals surface area contributed by atoms with Crippen molar-refractivity contribution >= 4 is 0 Å². The highest BCUT2D eigenvalue weighted by molar-refractivity contribution is 5.34. The van der Waals surface area contributed by atoms with Crippen LogP contribution in [-0.4, -0.2) is 18.8 Å². The molecule has 1 aliphatic carbocycles. The smallest absolute Gasteiger partial charge is 0.116 e. The molecule has 0 radical (unpaired) electrons. The monoisotopic (exact) mass is 220 g/mol. The third-order valence-corrected chi connectivity index (χ3v) is 3.62. The van der Waals surface area contributed by atoms with E-state index in [0.29, 0.717) is 12.5 Å². The number of methoxy groups -OCH3 is 1. The molecule has 88 valence electrons. The lowest BCUT2D eigenvalue weighted by Gasteiger charge is -2.28. The minimum atomic E-state index is -0.785. The number of rotatable bonds is 4. The van der Waals surface area contributed by atoms with Gasteiger partial charge in [0.25, 0.3) is 0 Å². The number of hydrogen-bond acceptors (Lipinski definition) is 2. The molecule has 0 heterocycles. The molecule has 2 heteroatoms. The van der Waals surface area contributed by atoms with Gasteiger partial charge in [-0.3, -0.25) is 0 Å². The summed E-state index contributed by atoms with van der Waals surface area (Å²) in [5.41, 5.74) is 2.71. The summed E-state index contributed by atoms with van der Waals surface area (Å²) in [6, 6.07) is 6.19. The molecule has 1 fully saturated rings. The van der Waals surface area contributed by atoms with E-state index in [0.717, 1.165) is 18.4 Å². The van der Waals surface area contributed by atoms with Crippen LogP contribution in [0.25, 0.3) is 0 Å². The Bertz CT molecular complexity index is 382. The highest BCUT2D eigenvalue weighted by Gasteiger charge is 2.45. The molecule has 0 spiro atoms. The molecule has 1 aromatic rings. The molecule has 1 N–H and O–H groups in total. The highest BCUT2D eigenvalue weighted by Crippen LogP contribution is 2.46. The zero-order chi connectivity index (χ0) is 11.8. The molecule has 0 amide bonds. The maximum atomic E-state index is 10.7. The standard InChI is InChI=1S/C14H20O2/c1-10-4-5-13(8-11(10)2)14(15,9-16-3)12-6-7-12/h4-5,8,12,15H,6-7,9H2,1-3H3. The van der Waals surface area contributed by atoms with E-state index < -0.39 is 5.60 Å². The predicted octanol–water partition coefficient (Wildman–Crippen LogP) is 2.55. The number of ether oxygens (including phenoxy) is 1. The second kappa shape index (κ2) is 4.19. The minimum absolute atomic E-state index is 0.370. The second-order valence-corrected chi connectivity index (χ2v) is 4.93. The van der Waals surface area contributed by atoms with Crippen LogP contribution in [0.15, 0.2) is 18.2 Å². The van der Waals surface area contributed by atoms with Crippen LogP contribution in [-0.2, 0) is 10.3 Å². The molecule has 1 aromatic carbocycles. The first kappa shape index (κ1) is 11.6. The Kier molecular flexibility index (Phi) is 3.04. The van der Waals surface area contributed by atoms with Crippen LogP contribution >= 0.6 is 0 Å². The maximum Gasteiger partial charge on any atom is 0.116 e. The zero-order valence-electron chi connectivity index (χ0n) is 10.3. The Morgan fingerprint density at radius 3 is 2.50 bits per heavy atom. The topological polar surface area (TPSA) is 29.5 Å². The lowest BCUT2D eigenvalue weighted by Crippen LogP contribution is -2.33. The summed E-state index contributed by atoms with van der Waals surface area (Å²) in [5, 5.41) is 10.7. The molecule has 1 unspecified atom stereocenters. The van der Waals surface area contributed by atoms with Gasteiger partial charge in [-0.15, -0.1) is 0 Å². The van der Waals surface area contributed by atoms with Gasteiger partial charge in [0.1, 0.15) is 5.60 Å². The number of benzene rings is 1. The molecule has 0 bridgehead atoms. The molecule has 2 nitrogen and oxygen atoms in total. The first-order valence-electron chi connectivity index (χ1n) is 5.87. The van der Waals surface area contributed by atoms with Crippen molar-refractivity contribution in [2.24, 2.45) is 5.92 Å². The Morgan fingerprint density at radius 1 is 1.31 bits per heavy atom. The summed E-state index contributed by atoms with van der Waals surface area (Å²) in [5.74, 6) is 0.370. The normalized spacial score (nSPS) is 19.5. The van der Waals surface area contributed by atoms with Gasteiger partial charge in [-0.25, -0.2) is 0 Å². The molecule has 1 aliphatic rings. The Morgan fingerprint density at radius 2 is 2.00 bits per heavy atom. The summed E-state index contributed by atoms with van der Waals surface area (Å²) in [7, 11) is 1.65. The van der Waals surface area contributed by atoms with Gasteiger partial charge in [-0.1, -0.05) is 18.2 Å². The predicted molar refractivity (Wildman–Crippen MR) is 64.4 cm³/mol. The van der Waals surface area contributed by atoms with Gasteiger partial charge >= 0.3 is 0 Å². The number of aryl methyl sites for hydroxylation is 2. The van der Waals surface area contributed by atoms with E-state index in [1.54, 1.807) is 7.11 Å².